The number of hydrogen-bond donors (Lipinski definition) is 0. The Morgan fingerprint density at radius 1 is 1.45 bits per heavy atom. The molecule has 2 heteroatoms. The van der Waals surface area contributed by atoms with Gasteiger partial charge in [0.25, 0.3) is 0 Å². The normalized spacial score (nSPS) is 17.2. The standard InChI is InChI=1S/C9H16N2/c1-9(2,3)6-4-8-5-7-10-11-8/h7H,4-6H2,1-3H3. The van der Waals surface area contributed by atoms with E-state index in [2.05, 4.69) is 31.0 Å². The third-order valence-corrected chi connectivity index (χ3v) is 1.77. The Morgan fingerprint density at radius 3 is 2.64 bits per heavy atom. The van der Waals surface area contributed by atoms with Crippen LogP contribution in [0.1, 0.15) is 40.0 Å². The Morgan fingerprint density at radius 2 is 2.18 bits per heavy atom. The lowest BCUT2D eigenvalue weighted by Crippen LogP contribution is -2.07. The summed E-state index contributed by atoms with van der Waals surface area (Å²) in [4.78, 5) is 0. The van der Waals surface area contributed by atoms with Gasteiger partial charge in [0.1, 0.15) is 0 Å². The first-order chi connectivity index (χ1) is 5.08. The molecule has 0 spiro atoms. The Labute approximate surface area is 68.4 Å². The maximum atomic E-state index is 4.02. The Hall–Kier alpha value is -0.660. The molecule has 0 N–H and O–H groups in total. The molecule has 0 fully saturated rings. The molecule has 0 aromatic heterocycles. The van der Waals surface area contributed by atoms with Gasteiger partial charge in [0.2, 0.25) is 0 Å². The fraction of sp³-hybridized carbons (Fsp3) is 0.778. The molecular formula is C9H16N2. The molecule has 1 aliphatic heterocycles. The molecular weight excluding hydrogens is 136 g/mol. The zero-order chi connectivity index (χ0) is 8.32. The summed E-state index contributed by atoms with van der Waals surface area (Å²) < 4.78 is 0. The van der Waals surface area contributed by atoms with Crippen molar-refractivity contribution in [3.63, 3.8) is 0 Å². The maximum absolute atomic E-state index is 4.02. The van der Waals surface area contributed by atoms with Gasteiger partial charge < -0.3 is 0 Å². The van der Waals surface area contributed by atoms with Gasteiger partial charge in [0, 0.05) is 18.3 Å². The molecule has 0 saturated carbocycles. The zero-order valence-corrected chi connectivity index (χ0v) is 7.59. The van der Waals surface area contributed by atoms with Crippen LogP contribution in [-0.4, -0.2) is 11.9 Å². The van der Waals surface area contributed by atoms with Crippen molar-refractivity contribution in [1.29, 1.82) is 0 Å². The summed E-state index contributed by atoms with van der Waals surface area (Å²) in [5, 5.41) is 7.85. The molecule has 0 radical (unpaired) electrons. The van der Waals surface area contributed by atoms with E-state index in [9.17, 15) is 0 Å². The van der Waals surface area contributed by atoms with Crippen LogP contribution in [0, 0.1) is 5.41 Å². The Kier molecular flexibility index (Phi) is 2.42. The van der Waals surface area contributed by atoms with Crippen LogP contribution in [0.2, 0.25) is 0 Å². The predicted molar refractivity (Wildman–Crippen MR) is 49.2 cm³/mol. The Balaban J connectivity index is 2.23. The molecule has 62 valence electrons. The van der Waals surface area contributed by atoms with E-state index in [4.69, 9.17) is 0 Å². The van der Waals surface area contributed by atoms with Crippen LogP contribution >= 0.6 is 0 Å². The zero-order valence-electron chi connectivity index (χ0n) is 7.59. The fourth-order valence-electron chi connectivity index (χ4n) is 0.981. The summed E-state index contributed by atoms with van der Waals surface area (Å²) in [6.07, 6.45) is 5.15. The third-order valence-electron chi connectivity index (χ3n) is 1.77. The highest BCUT2D eigenvalue weighted by molar-refractivity contribution is 5.98. The first-order valence-electron chi connectivity index (χ1n) is 4.15. The van der Waals surface area contributed by atoms with E-state index in [1.807, 2.05) is 6.21 Å². The quantitative estimate of drug-likeness (QED) is 0.581. The second-order valence-corrected chi connectivity index (χ2v) is 4.23. The average molecular weight is 152 g/mol. The van der Waals surface area contributed by atoms with Crippen molar-refractivity contribution in [3.05, 3.63) is 0 Å². The molecule has 0 unspecified atom stereocenters. The summed E-state index contributed by atoms with van der Waals surface area (Å²) in [5.74, 6) is 0. The first kappa shape index (κ1) is 8.44. The second kappa shape index (κ2) is 3.16. The molecule has 1 heterocycles. The number of hydrogen-bond acceptors (Lipinski definition) is 2. The van der Waals surface area contributed by atoms with E-state index in [-0.39, 0.29) is 0 Å². The molecule has 0 amide bonds. The van der Waals surface area contributed by atoms with Gasteiger partial charge >= 0.3 is 0 Å². The number of rotatable bonds is 2. The van der Waals surface area contributed by atoms with Crippen molar-refractivity contribution >= 4 is 11.9 Å². The van der Waals surface area contributed by atoms with E-state index in [1.165, 1.54) is 12.1 Å². The fourth-order valence-corrected chi connectivity index (χ4v) is 0.981. The molecule has 1 aliphatic rings. The summed E-state index contributed by atoms with van der Waals surface area (Å²) in [7, 11) is 0. The van der Waals surface area contributed by atoms with Crippen LogP contribution in [0.3, 0.4) is 0 Å². The van der Waals surface area contributed by atoms with Crippen molar-refractivity contribution in [1.82, 2.24) is 0 Å². The summed E-state index contributed by atoms with van der Waals surface area (Å²) in [6.45, 7) is 6.76. The summed E-state index contributed by atoms with van der Waals surface area (Å²) >= 11 is 0. The van der Waals surface area contributed by atoms with Crippen LogP contribution < -0.4 is 0 Å². The van der Waals surface area contributed by atoms with Crippen molar-refractivity contribution in [2.45, 2.75) is 40.0 Å². The van der Waals surface area contributed by atoms with Crippen molar-refractivity contribution in [2.24, 2.45) is 15.6 Å². The minimum atomic E-state index is 0.422. The molecule has 2 nitrogen and oxygen atoms in total. The van der Waals surface area contributed by atoms with Crippen molar-refractivity contribution in [2.75, 3.05) is 0 Å². The van der Waals surface area contributed by atoms with E-state index in [1.54, 1.807) is 0 Å². The highest BCUT2D eigenvalue weighted by Gasteiger charge is 2.12. The largest absolute Gasteiger partial charge is 0.163 e. The van der Waals surface area contributed by atoms with Gasteiger partial charge in [-0.1, -0.05) is 20.8 Å². The second-order valence-electron chi connectivity index (χ2n) is 4.23. The highest BCUT2D eigenvalue weighted by atomic mass is 15.2. The maximum Gasteiger partial charge on any atom is 0.0459 e. The van der Waals surface area contributed by atoms with Gasteiger partial charge in [0.05, 0.1) is 0 Å². The molecule has 1 rings (SSSR count). The van der Waals surface area contributed by atoms with Gasteiger partial charge in [-0.05, 0) is 18.3 Å². The van der Waals surface area contributed by atoms with E-state index < -0.39 is 0 Å². The van der Waals surface area contributed by atoms with Gasteiger partial charge in [-0.2, -0.15) is 10.2 Å². The van der Waals surface area contributed by atoms with Crippen LogP contribution in [0.5, 0.6) is 0 Å². The van der Waals surface area contributed by atoms with Gasteiger partial charge in [0.15, 0.2) is 0 Å². The number of nitrogens with zero attached hydrogens (tertiary/aromatic N) is 2. The summed E-state index contributed by atoms with van der Waals surface area (Å²) in [6, 6.07) is 0. The monoisotopic (exact) mass is 152 g/mol. The molecule has 0 aromatic carbocycles. The van der Waals surface area contributed by atoms with E-state index in [0.29, 0.717) is 5.41 Å². The van der Waals surface area contributed by atoms with Crippen LogP contribution in [0.15, 0.2) is 10.2 Å². The lowest BCUT2D eigenvalue weighted by Gasteiger charge is -2.17. The van der Waals surface area contributed by atoms with Crippen molar-refractivity contribution in [3.8, 4) is 0 Å². The molecule has 0 atom stereocenters. The van der Waals surface area contributed by atoms with E-state index >= 15 is 0 Å². The Bertz CT molecular complexity index is 184. The minimum Gasteiger partial charge on any atom is -0.163 e. The molecule has 0 saturated heterocycles. The van der Waals surface area contributed by atoms with Gasteiger partial charge in [-0.25, -0.2) is 0 Å². The SMILES string of the molecule is CC(C)(C)CCC1=NN=CC1. The van der Waals surface area contributed by atoms with Crippen LogP contribution in [0.4, 0.5) is 0 Å². The minimum absolute atomic E-state index is 0.422. The summed E-state index contributed by atoms with van der Waals surface area (Å²) in [5.41, 5.74) is 1.66. The first-order valence-corrected chi connectivity index (χ1v) is 4.15. The molecule has 11 heavy (non-hydrogen) atoms. The average Bonchev–Trinajstić information content (AvgIpc) is 2.32. The smallest absolute Gasteiger partial charge is 0.0459 e. The molecule has 0 aliphatic carbocycles. The van der Waals surface area contributed by atoms with E-state index in [0.717, 1.165) is 12.8 Å². The molecule has 0 bridgehead atoms. The lowest BCUT2D eigenvalue weighted by atomic mass is 9.89. The third kappa shape index (κ3) is 3.30. The highest BCUT2D eigenvalue weighted by Crippen LogP contribution is 2.21. The lowest BCUT2D eigenvalue weighted by molar-refractivity contribution is 0.386. The van der Waals surface area contributed by atoms with Crippen LogP contribution in [-0.2, 0) is 0 Å². The van der Waals surface area contributed by atoms with Crippen LogP contribution in [0.25, 0.3) is 0 Å². The predicted octanol–water partition coefficient (Wildman–Crippen LogP) is 2.64. The topological polar surface area (TPSA) is 24.7 Å². The van der Waals surface area contributed by atoms with Gasteiger partial charge in [-0.3, -0.25) is 0 Å². The van der Waals surface area contributed by atoms with Gasteiger partial charge in [-0.15, -0.1) is 0 Å². The van der Waals surface area contributed by atoms with Crippen molar-refractivity contribution < 1.29 is 0 Å². The molecule has 0 aromatic rings.